The van der Waals surface area contributed by atoms with Crippen LogP contribution < -0.4 is 10.4 Å². The smallest absolute Gasteiger partial charge is 0.267 e. The maximum atomic E-state index is 12.8. The topological polar surface area (TPSA) is 75.5 Å². The molecule has 6 nitrogen and oxygen atoms in total. The van der Waals surface area contributed by atoms with E-state index in [0.29, 0.717) is 5.56 Å². The summed E-state index contributed by atoms with van der Waals surface area (Å²) in [6, 6.07) is 21.5. The summed E-state index contributed by atoms with van der Waals surface area (Å²) in [6.45, 7) is 0. The number of anilines is 2. The van der Waals surface area contributed by atoms with Gasteiger partial charge in [0.2, 0.25) is 0 Å². The van der Waals surface area contributed by atoms with Crippen LogP contribution in [0.15, 0.2) is 72.8 Å². The molecule has 4 rings (SSSR count). The normalized spacial score (nSPS) is 12.5. The molecule has 1 heterocycles. The number of hydrogen-bond acceptors (Lipinski definition) is 4. The highest BCUT2D eigenvalue weighted by atomic mass is 16.6. The van der Waals surface area contributed by atoms with Crippen LogP contribution in [0, 0.1) is 10.1 Å². The van der Waals surface area contributed by atoms with E-state index in [2.05, 4.69) is 17.6 Å². The van der Waals surface area contributed by atoms with Crippen LogP contribution in [0.4, 0.5) is 17.1 Å². The van der Waals surface area contributed by atoms with E-state index in [4.69, 9.17) is 0 Å². The van der Waals surface area contributed by atoms with Gasteiger partial charge in [-0.2, -0.15) is 0 Å². The Morgan fingerprint density at radius 3 is 1.89 bits per heavy atom. The van der Waals surface area contributed by atoms with Crippen LogP contribution in [0.25, 0.3) is 0 Å². The van der Waals surface area contributed by atoms with E-state index in [1.54, 1.807) is 5.01 Å². The minimum atomic E-state index is -0.483. The average Bonchev–Trinajstić information content (AvgIpc) is 2.86. The van der Waals surface area contributed by atoms with Crippen molar-refractivity contribution in [1.82, 2.24) is 5.43 Å². The molecule has 1 N–H and O–H groups in total. The third-order valence-corrected chi connectivity index (χ3v) is 4.68. The van der Waals surface area contributed by atoms with E-state index < -0.39 is 4.92 Å². The van der Waals surface area contributed by atoms with Crippen molar-refractivity contribution in [1.29, 1.82) is 0 Å². The van der Waals surface area contributed by atoms with E-state index in [0.717, 1.165) is 35.3 Å². The highest BCUT2D eigenvalue weighted by Crippen LogP contribution is 2.34. The molecule has 0 saturated carbocycles. The van der Waals surface area contributed by atoms with Crippen LogP contribution in [-0.2, 0) is 12.8 Å². The maximum Gasteiger partial charge on any atom is 0.270 e. The van der Waals surface area contributed by atoms with Crippen molar-refractivity contribution in [3.63, 3.8) is 0 Å². The molecule has 0 aromatic heterocycles. The van der Waals surface area contributed by atoms with Gasteiger partial charge in [0, 0.05) is 17.7 Å². The molecule has 0 radical (unpaired) electrons. The highest BCUT2D eigenvalue weighted by molar-refractivity contribution is 5.96. The number of non-ortho nitro benzene ring substituents is 1. The molecule has 0 saturated heterocycles. The SMILES string of the molecule is O=C(NN1c2ccccc2CCc2ccccc21)c1ccc([N+](=O)[O-])cc1. The number of para-hydroxylation sites is 2. The molecule has 0 fully saturated rings. The van der Waals surface area contributed by atoms with Crippen LogP contribution in [0.3, 0.4) is 0 Å². The number of amides is 1. The van der Waals surface area contributed by atoms with Crippen molar-refractivity contribution in [3.05, 3.63) is 99.6 Å². The van der Waals surface area contributed by atoms with Gasteiger partial charge in [-0.15, -0.1) is 0 Å². The van der Waals surface area contributed by atoms with Crippen molar-refractivity contribution in [2.45, 2.75) is 12.8 Å². The van der Waals surface area contributed by atoms with Gasteiger partial charge in [0.15, 0.2) is 0 Å². The lowest BCUT2D eigenvalue weighted by Gasteiger charge is -2.27. The first-order valence-electron chi connectivity index (χ1n) is 8.65. The number of nitrogens with zero attached hydrogens (tertiary/aromatic N) is 2. The number of hydrogen-bond donors (Lipinski definition) is 1. The van der Waals surface area contributed by atoms with E-state index in [1.807, 2.05) is 36.4 Å². The zero-order valence-corrected chi connectivity index (χ0v) is 14.5. The number of nitro groups is 1. The predicted molar refractivity (Wildman–Crippen MR) is 103 cm³/mol. The summed E-state index contributed by atoms with van der Waals surface area (Å²) in [7, 11) is 0. The summed E-state index contributed by atoms with van der Waals surface area (Å²) in [5, 5.41) is 12.6. The fourth-order valence-corrected chi connectivity index (χ4v) is 3.30. The average molecular weight is 359 g/mol. The standard InChI is InChI=1S/C21H17N3O3/c25-21(17-11-13-18(14-12-17)24(26)27)22-23-19-7-3-1-5-15(19)9-10-16-6-2-4-8-20(16)23/h1-8,11-14H,9-10H2,(H,22,25). The molecule has 1 amide bonds. The Labute approximate surface area is 156 Å². The minimum absolute atomic E-state index is 0.0444. The Morgan fingerprint density at radius 2 is 1.37 bits per heavy atom. The summed E-state index contributed by atoms with van der Waals surface area (Å²) in [5.41, 5.74) is 7.44. The number of fused-ring (bicyclic) bond motifs is 2. The van der Waals surface area contributed by atoms with Crippen molar-refractivity contribution in [2.75, 3.05) is 5.01 Å². The number of carbonyl (C=O) groups excluding carboxylic acids is 1. The van der Waals surface area contributed by atoms with Gasteiger partial charge in [-0.25, -0.2) is 0 Å². The molecule has 0 spiro atoms. The zero-order valence-electron chi connectivity index (χ0n) is 14.5. The van der Waals surface area contributed by atoms with E-state index in [-0.39, 0.29) is 11.6 Å². The molecule has 0 aliphatic carbocycles. The maximum absolute atomic E-state index is 12.8. The first-order valence-corrected chi connectivity index (χ1v) is 8.65. The molecule has 134 valence electrons. The number of aryl methyl sites for hydroxylation is 2. The molecule has 1 aliphatic rings. The van der Waals surface area contributed by atoms with Crippen LogP contribution in [0.1, 0.15) is 21.5 Å². The Bertz CT molecular complexity index is 968. The molecule has 0 bridgehead atoms. The summed E-state index contributed by atoms with van der Waals surface area (Å²) >= 11 is 0. The van der Waals surface area contributed by atoms with Gasteiger partial charge in [0.1, 0.15) is 0 Å². The van der Waals surface area contributed by atoms with Crippen LogP contribution >= 0.6 is 0 Å². The molecule has 0 atom stereocenters. The highest BCUT2D eigenvalue weighted by Gasteiger charge is 2.22. The Kier molecular flexibility index (Phi) is 4.30. The fraction of sp³-hybridized carbons (Fsp3) is 0.0952. The summed E-state index contributed by atoms with van der Waals surface area (Å²) in [4.78, 5) is 23.1. The van der Waals surface area contributed by atoms with Crippen LogP contribution in [0.5, 0.6) is 0 Å². The number of benzene rings is 3. The summed E-state index contributed by atoms with van der Waals surface area (Å²) in [6.07, 6.45) is 1.77. The van der Waals surface area contributed by atoms with Gasteiger partial charge in [0.05, 0.1) is 16.3 Å². The Hall–Kier alpha value is -3.67. The molecular weight excluding hydrogens is 342 g/mol. The summed E-state index contributed by atoms with van der Waals surface area (Å²) in [5.74, 6) is -0.323. The number of carbonyl (C=O) groups is 1. The van der Waals surface area contributed by atoms with Crippen molar-refractivity contribution in [2.24, 2.45) is 0 Å². The van der Waals surface area contributed by atoms with Crippen LogP contribution in [-0.4, -0.2) is 10.8 Å². The third-order valence-electron chi connectivity index (χ3n) is 4.68. The van der Waals surface area contributed by atoms with Gasteiger partial charge in [-0.1, -0.05) is 36.4 Å². The van der Waals surface area contributed by atoms with Gasteiger partial charge in [-0.3, -0.25) is 25.3 Å². The molecule has 6 heteroatoms. The second-order valence-corrected chi connectivity index (χ2v) is 6.34. The lowest BCUT2D eigenvalue weighted by molar-refractivity contribution is -0.384. The second-order valence-electron chi connectivity index (χ2n) is 6.34. The Balaban J connectivity index is 1.70. The molecule has 3 aromatic rings. The minimum Gasteiger partial charge on any atom is -0.267 e. The van der Waals surface area contributed by atoms with Crippen LogP contribution in [0.2, 0.25) is 0 Å². The lowest BCUT2D eigenvalue weighted by atomic mass is 10.0. The molecule has 1 aliphatic heterocycles. The number of hydrazine groups is 1. The number of nitro benzene ring substituents is 1. The monoisotopic (exact) mass is 359 g/mol. The van der Waals surface area contributed by atoms with E-state index >= 15 is 0 Å². The van der Waals surface area contributed by atoms with Crippen molar-refractivity contribution >= 4 is 23.0 Å². The van der Waals surface area contributed by atoms with Gasteiger partial charge >= 0.3 is 0 Å². The van der Waals surface area contributed by atoms with Crippen molar-refractivity contribution in [3.8, 4) is 0 Å². The van der Waals surface area contributed by atoms with Crippen molar-refractivity contribution < 1.29 is 9.72 Å². The van der Waals surface area contributed by atoms with Gasteiger partial charge in [0.25, 0.3) is 11.6 Å². The zero-order chi connectivity index (χ0) is 18.8. The molecule has 27 heavy (non-hydrogen) atoms. The number of nitrogens with one attached hydrogen (secondary N) is 1. The molecule has 3 aromatic carbocycles. The Morgan fingerprint density at radius 1 is 0.852 bits per heavy atom. The second kappa shape index (κ2) is 6.92. The summed E-state index contributed by atoms with van der Waals surface area (Å²) < 4.78 is 0. The first kappa shape index (κ1) is 16.8. The quantitative estimate of drug-likeness (QED) is 0.562. The molecular formula is C21H17N3O3. The van der Waals surface area contributed by atoms with E-state index in [9.17, 15) is 14.9 Å². The predicted octanol–water partition coefficient (Wildman–Crippen LogP) is 4.18. The third kappa shape index (κ3) is 3.25. The first-order chi connectivity index (χ1) is 13.1. The number of rotatable bonds is 3. The molecule has 0 unspecified atom stereocenters. The largest absolute Gasteiger partial charge is 0.270 e. The van der Waals surface area contributed by atoms with Gasteiger partial charge < -0.3 is 0 Å². The van der Waals surface area contributed by atoms with Gasteiger partial charge in [-0.05, 0) is 48.2 Å². The fourth-order valence-electron chi connectivity index (χ4n) is 3.30. The van der Waals surface area contributed by atoms with E-state index in [1.165, 1.54) is 24.3 Å². The lowest BCUT2D eigenvalue weighted by Crippen LogP contribution is -2.39.